The van der Waals surface area contributed by atoms with Gasteiger partial charge < -0.3 is 14.2 Å². The van der Waals surface area contributed by atoms with Gasteiger partial charge >= 0.3 is 11.9 Å². The minimum absolute atomic E-state index is 0.146. The Bertz CT molecular complexity index is 1220. The number of aliphatic imine (C=N–C) groups is 1. The Morgan fingerprint density at radius 3 is 2.68 bits per heavy atom. The van der Waals surface area contributed by atoms with Crippen molar-refractivity contribution in [3.05, 3.63) is 93.9 Å². The van der Waals surface area contributed by atoms with Gasteiger partial charge in [-0.1, -0.05) is 18.2 Å². The molecule has 2 heterocycles. The van der Waals surface area contributed by atoms with Gasteiger partial charge in [-0.3, -0.25) is 4.98 Å². The van der Waals surface area contributed by atoms with E-state index in [4.69, 9.17) is 14.2 Å². The van der Waals surface area contributed by atoms with Crippen molar-refractivity contribution in [1.29, 1.82) is 0 Å². The first-order valence-corrected chi connectivity index (χ1v) is 9.92. The fourth-order valence-corrected chi connectivity index (χ4v) is 3.27. The number of methoxy groups -OCH3 is 1. The zero-order valence-corrected chi connectivity index (χ0v) is 17.8. The molecule has 0 amide bonds. The van der Waals surface area contributed by atoms with Gasteiger partial charge in [0.15, 0.2) is 17.2 Å². The smallest absolute Gasteiger partial charge is 0.363 e. The van der Waals surface area contributed by atoms with Crippen molar-refractivity contribution >= 4 is 39.8 Å². The average Bonchev–Trinajstić information content (AvgIpc) is 3.15. The molecule has 0 spiro atoms. The molecule has 0 fully saturated rings. The van der Waals surface area contributed by atoms with Gasteiger partial charge in [-0.2, -0.15) is 0 Å². The van der Waals surface area contributed by atoms with Gasteiger partial charge in [0.1, 0.15) is 0 Å². The second kappa shape index (κ2) is 8.93. The molecule has 7 nitrogen and oxygen atoms in total. The van der Waals surface area contributed by atoms with E-state index in [1.165, 1.54) is 13.3 Å². The minimum atomic E-state index is -0.559. The van der Waals surface area contributed by atoms with Crippen LogP contribution in [0.25, 0.3) is 6.08 Å². The first-order valence-electron chi connectivity index (χ1n) is 9.13. The third kappa shape index (κ3) is 4.54. The molecule has 8 heteroatoms. The van der Waals surface area contributed by atoms with Gasteiger partial charge in [-0.05, 0) is 64.0 Å². The second-order valence-electron chi connectivity index (χ2n) is 6.36. The molecule has 0 aliphatic carbocycles. The van der Waals surface area contributed by atoms with Crippen molar-refractivity contribution in [2.75, 3.05) is 7.11 Å². The summed E-state index contributed by atoms with van der Waals surface area (Å²) in [7, 11) is 1.46. The standard InChI is InChI=1S/C23H15BrN2O5/c1-29-20-12-14(8-9-19(20)30-22(27)15-5-4-10-25-13-15)11-18-23(28)31-21(26-18)16-6-2-3-7-17(16)24/h2-13H,1H3/b18-11-. The maximum atomic E-state index is 12.3. The molecular formula is C23H15BrN2O5. The molecule has 0 saturated carbocycles. The number of esters is 2. The molecule has 2 aromatic carbocycles. The minimum Gasteiger partial charge on any atom is -0.493 e. The van der Waals surface area contributed by atoms with Crippen molar-refractivity contribution in [2.24, 2.45) is 4.99 Å². The van der Waals surface area contributed by atoms with Crippen LogP contribution in [0.2, 0.25) is 0 Å². The molecule has 3 aromatic rings. The zero-order chi connectivity index (χ0) is 21.8. The third-order valence-corrected chi connectivity index (χ3v) is 5.01. The number of carbonyl (C=O) groups is 2. The normalized spacial score (nSPS) is 14.2. The van der Waals surface area contributed by atoms with Crippen molar-refractivity contribution in [2.45, 2.75) is 0 Å². The monoisotopic (exact) mass is 478 g/mol. The molecule has 1 aromatic heterocycles. The average molecular weight is 479 g/mol. The number of rotatable bonds is 5. The van der Waals surface area contributed by atoms with Crippen LogP contribution in [0.5, 0.6) is 11.5 Å². The summed E-state index contributed by atoms with van der Waals surface area (Å²) in [6.07, 6.45) is 4.56. The summed E-state index contributed by atoms with van der Waals surface area (Å²) in [6.45, 7) is 0. The number of hydrogen-bond donors (Lipinski definition) is 0. The maximum Gasteiger partial charge on any atom is 0.363 e. The summed E-state index contributed by atoms with van der Waals surface area (Å²) < 4.78 is 16.8. The highest BCUT2D eigenvalue weighted by molar-refractivity contribution is 9.10. The molecule has 4 rings (SSSR count). The van der Waals surface area contributed by atoms with Crippen LogP contribution in [-0.4, -0.2) is 29.9 Å². The summed E-state index contributed by atoms with van der Waals surface area (Å²) in [6, 6.07) is 15.5. The summed E-state index contributed by atoms with van der Waals surface area (Å²) in [5.74, 6) is -0.327. The maximum absolute atomic E-state index is 12.3. The van der Waals surface area contributed by atoms with Crippen LogP contribution in [-0.2, 0) is 9.53 Å². The highest BCUT2D eigenvalue weighted by Crippen LogP contribution is 2.31. The van der Waals surface area contributed by atoms with E-state index in [0.29, 0.717) is 22.4 Å². The Labute approximate surface area is 186 Å². The quantitative estimate of drug-likeness (QED) is 0.306. The van der Waals surface area contributed by atoms with E-state index >= 15 is 0 Å². The van der Waals surface area contributed by atoms with Crippen LogP contribution in [0.3, 0.4) is 0 Å². The van der Waals surface area contributed by atoms with Crippen LogP contribution < -0.4 is 9.47 Å². The van der Waals surface area contributed by atoms with Crippen molar-refractivity contribution < 1.29 is 23.8 Å². The lowest BCUT2D eigenvalue weighted by Crippen LogP contribution is -2.09. The molecular weight excluding hydrogens is 464 g/mol. The van der Waals surface area contributed by atoms with Gasteiger partial charge in [0, 0.05) is 16.9 Å². The van der Waals surface area contributed by atoms with Gasteiger partial charge in [-0.15, -0.1) is 0 Å². The largest absolute Gasteiger partial charge is 0.493 e. The van der Waals surface area contributed by atoms with Crippen LogP contribution in [0.4, 0.5) is 0 Å². The number of carbonyl (C=O) groups excluding carboxylic acids is 2. The van der Waals surface area contributed by atoms with E-state index in [0.717, 1.165) is 4.47 Å². The van der Waals surface area contributed by atoms with Crippen LogP contribution >= 0.6 is 15.9 Å². The predicted octanol–water partition coefficient (Wildman–Crippen LogP) is 4.42. The molecule has 154 valence electrons. The van der Waals surface area contributed by atoms with Crippen molar-refractivity contribution in [3.8, 4) is 11.5 Å². The Morgan fingerprint density at radius 1 is 1.10 bits per heavy atom. The Hall–Kier alpha value is -3.78. The van der Waals surface area contributed by atoms with Gasteiger partial charge in [0.05, 0.1) is 18.2 Å². The molecule has 31 heavy (non-hydrogen) atoms. The fraction of sp³-hybridized carbons (Fsp3) is 0.0435. The molecule has 0 unspecified atom stereocenters. The number of nitrogens with zero attached hydrogens (tertiary/aromatic N) is 2. The van der Waals surface area contributed by atoms with Gasteiger partial charge in [-0.25, -0.2) is 14.6 Å². The topological polar surface area (TPSA) is 87.1 Å². The van der Waals surface area contributed by atoms with Crippen molar-refractivity contribution in [3.63, 3.8) is 0 Å². The van der Waals surface area contributed by atoms with E-state index in [2.05, 4.69) is 25.9 Å². The highest BCUT2D eigenvalue weighted by atomic mass is 79.9. The van der Waals surface area contributed by atoms with E-state index in [1.54, 1.807) is 48.7 Å². The number of ether oxygens (including phenoxy) is 3. The predicted molar refractivity (Wildman–Crippen MR) is 117 cm³/mol. The first-order chi connectivity index (χ1) is 15.0. The number of aromatic nitrogens is 1. The Morgan fingerprint density at radius 2 is 1.94 bits per heavy atom. The fourth-order valence-electron chi connectivity index (χ4n) is 2.82. The van der Waals surface area contributed by atoms with Gasteiger partial charge in [0.25, 0.3) is 0 Å². The van der Waals surface area contributed by atoms with E-state index in [9.17, 15) is 9.59 Å². The summed E-state index contributed by atoms with van der Waals surface area (Å²) in [5.41, 5.74) is 1.77. The number of benzene rings is 2. The van der Waals surface area contributed by atoms with E-state index in [1.807, 2.05) is 18.2 Å². The SMILES string of the molecule is COc1cc(/C=C2\N=C(c3ccccc3Br)OC2=O)ccc1OC(=O)c1cccnc1. The van der Waals surface area contributed by atoms with E-state index in [-0.39, 0.29) is 17.3 Å². The summed E-state index contributed by atoms with van der Waals surface area (Å²) in [4.78, 5) is 32.8. The van der Waals surface area contributed by atoms with Crippen molar-refractivity contribution in [1.82, 2.24) is 4.98 Å². The molecule has 0 atom stereocenters. The Kier molecular flexibility index (Phi) is 5.90. The number of hydrogen-bond acceptors (Lipinski definition) is 7. The summed E-state index contributed by atoms with van der Waals surface area (Å²) in [5, 5.41) is 0. The van der Waals surface area contributed by atoms with Gasteiger partial charge in [0.2, 0.25) is 5.90 Å². The zero-order valence-electron chi connectivity index (χ0n) is 16.2. The molecule has 1 aliphatic heterocycles. The van der Waals surface area contributed by atoms with E-state index < -0.39 is 11.9 Å². The van der Waals surface area contributed by atoms with Crippen LogP contribution in [0, 0.1) is 0 Å². The molecule has 0 bridgehead atoms. The molecule has 0 saturated heterocycles. The number of halogens is 1. The lowest BCUT2D eigenvalue weighted by molar-refractivity contribution is -0.129. The lowest BCUT2D eigenvalue weighted by atomic mass is 10.1. The second-order valence-corrected chi connectivity index (χ2v) is 7.21. The third-order valence-electron chi connectivity index (χ3n) is 4.32. The molecule has 0 N–H and O–H groups in total. The molecule has 1 aliphatic rings. The first kappa shape index (κ1) is 20.5. The lowest BCUT2D eigenvalue weighted by Gasteiger charge is -2.10. The number of pyridine rings is 1. The Balaban J connectivity index is 1.59. The van der Waals surface area contributed by atoms with Crippen LogP contribution in [0.1, 0.15) is 21.5 Å². The van der Waals surface area contributed by atoms with Crippen LogP contribution in [0.15, 0.2) is 82.2 Å². The highest BCUT2D eigenvalue weighted by Gasteiger charge is 2.25. The number of cyclic esters (lactones) is 1. The molecule has 0 radical (unpaired) electrons. The summed E-state index contributed by atoms with van der Waals surface area (Å²) >= 11 is 3.42.